The van der Waals surface area contributed by atoms with Crippen molar-refractivity contribution in [2.45, 2.75) is 52.9 Å². The molecule has 0 unspecified atom stereocenters. The second-order valence-corrected chi connectivity index (χ2v) is 7.12. The Labute approximate surface area is 116 Å². The van der Waals surface area contributed by atoms with Gasteiger partial charge in [-0.05, 0) is 79.7 Å². The quantitative estimate of drug-likeness (QED) is 0.868. The molecule has 2 heteroatoms. The monoisotopic (exact) mass is 263 g/mol. The van der Waals surface area contributed by atoms with E-state index in [1.54, 1.807) is 6.07 Å². The Hall–Kier alpha value is -0.890. The van der Waals surface area contributed by atoms with Crippen LogP contribution in [0.3, 0.4) is 0 Å². The van der Waals surface area contributed by atoms with Gasteiger partial charge in [0.05, 0.1) is 0 Å². The van der Waals surface area contributed by atoms with Crippen molar-refractivity contribution in [1.29, 1.82) is 0 Å². The fourth-order valence-corrected chi connectivity index (χ4v) is 3.14. The maximum Gasteiger partial charge on any atom is 0.123 e. The fraction of sp³-hybridized carbons (Fsp3) is 0.647. The molecule has 0 heterocycles. The van der Waals surface area contributed by atoms with Gasteiger partial charge in [-0.25, -0.2) is 4.39 Å². The minimum absolute atomic E-state index is 0.135. The summed E-state index contributed by atoms with van der Waals surface area (Å²) in [4.78, 5) is 0. The van der Waals surface area contributed by atoms with Gasteiger partial charge in [0.1, 0.15) is 5.82 Å². The third-order valence-corrected chi connectivity index (χ3v) is 4.97. The van der Waals surface area contributed by atoms with Crippen LogP contribution in [0.2, 0.25) is 0 Å². The predicted octanol–water partition coefficient (Wildman–Crippen LogP) is 4.22. The Kier molecular flexibility index (Phi) is 4.00. The van der Waals surface area contributed by atoms with E-state index in [0.29, 0.717) is 12.0 Å². The third-order valence-electron chi connectivity index (χ3n) is 4.97. The lowest BCUT2D eigenvalue weighted by Crippen LogP contribution is -2.39. The topological polar surface area (TPSA) is 26.0 Å². The molecule has 0 aliphatic heterocycles. The molecule has 106 valence electrons. The van der Waals surface area contributed by atoms with Gasteiger partial charge in [-0.2, -0.15) is 0 Å². The van der Waals surface area contributed by atoms with Crippen molar-refractivity contribution in [1.82, 2.24) is 0 Å². The highest BCUT2D eigenvalue weighted by Gasteiger charge is 2.37. The highest BCUT2D eigenvalue weighted by molar-refractivity contribution is 5.28. The standard InChI is InChI=1S/C17H26FN/c1-13-4-5-15(18)10-14(13)11-17(12-19)8-6-16(2,3)7-9-17/h4-5,10H,6-9,11-12,19H2,1-3H3. The van der Waals surface area contributed by atoms with Crippen molar-refractivity contribution >= 4 is 0 Å². The maximum absolute atomic E-state index is 13.4. The highest BCUT2D eigenvalue weighted by atomic mass is 19.1. The molecule has 0 bridgehead atoms. The smallest absolute Gasteiger partial charge is 0.123 e. The molecule has 0 atom stereocenters. The normalized spacial score (nSPS) is 21.3. The minimum Gasteiger partial charge on any atom is -0.330 e. The van der Waals surface area contributed by atoms with E-state index in [-0.39, 0.29) is 11.2 Å². The lowest BCUT2D eigenvalue weighted by Gasteiger charge is -2.43. The summed E-state index contributed by atoms with van der Waals surface area (Å²) in [6, 6.07) is 5.10. The average molecular weight is 263 g/mol. The van der Waals surface area contributed by atoms with Gasteiger partial charge in [0, 0.05) is 0 Å². The molecule has 0 amide bonds. The summed E-state index contributed by atoms with van der Waals surface area (Å²) in [6.45, 7) is 7.44. The van der Waals surface area contributed by atoms with E-state index in [2.05, 4.69) is 20.8 Å². The van der Waals surface area contributed by atoms with Crippen LogP contribution in [0.4, 0.5) is 4.39 Å². The Balaban J connectivity index is 2.17. The molecular weight excluding hydrogens is 237 g/mol. The lowest BCUT2D eigenvalue weighted by atomic mass is 9.63. The summed E-state index contributed by atoms with van der Waals surface area (Å²) in [6.07, 6.45) is 5.68. The molecule has 1 aliphatic carbocycles. The van der Waals surface area contributed by atoms with Gasteiger partial charge in [0.2, 0.25) is 0 Å². The van der Waals surface area contributed by atoms with Crippen molar-refractivity contribution in [3.05, 3.63) is 35.1 Å². The van der Waals surface area contributed by atoms with Crippen molar-refractivity contribution in [3.8, 4) is 0 Å². The first-order valence-electron chi connectivity index (χ1n) is 7.31. The van der Waals surface area contributed by atoms with Gasteiger partial charge in [0.25, 0.3) is 0 Å². The summed E-state index contributed by atoms with van der Waals surface area (Å²) in [7, 11) is 0. The van der Waals surface area contributed by atoms with Gasteiger partial charge in [-0.3, -0.25) is 0 Å². The van der Waals surface area contributed by atoms with Crippen LogP contribution in [0.1, 0.15) is 50.7 Å². The summed E-state index contributed by atoms with van der Waals surface area (Å²) < 4.78 is 13.4. The van der Waals surface area contributed by atoms with Crippen LogP contribution in [0.15, 0.2) is 18.2 Å². The van der Waals surface area contributed by atoms with Gasteiger partial charge in [-0.15, -0.1) is 0 Å². The van der Waals surface area contributed by atoms with E-state index in [1.807, 2.05) is 6.07 Å². The number of halogens is 1. The van der Waals surface area contributed by atoms with Crippen molar-refractivity contribution in [2.75, 3.05) is 6.54 Å². The van der Waals surface area contributed by atoms with E-state index in [1.165, 1.54) is 24.5 Å². The molecule has 1 aromatic carbocycles. The molecule has 19 heavy (non-hydrogen) atoms. The SMILES string of the molecule is Cc1ccc(F)cc1CC1(CN)CCC(C)(C)CC1. The molecule has 1 aliphatic rings. The Morgan fingerprint density at radius 3 is 2.37 bits per heavy atom. The van der Waals surface area contributed by atoms with Crippen LogP contribution in [-0.2, 0) is 6.42 Å². The molecule has 0 spiro atoms. The number of benzene rings is 1. The van der Waals surface area contributed by atoms with E-state index in [4.69, 9.17) is 5.73 Å². The second-order valence-electron chi connectivity index (χ2n) is 7.12. The summed E-state index contributed by atoms with van der Waals surface area (Å²) >= 11 is 0. The van der Waals surface area contributed by atoms with E-state index in [0.717, 1.165) is 24.8 Å². The van der Waals surface area contributed by atoms with Gasteiger partial charge < -0.3 is 5.73 Å². The van der Waals surface area contributed by atoms with Crippen LogP contribution in [0.25, 0.3) is 0 Å². The first-order chi connectivity index (χ1) is 8.86. The van der Waals surface area contributed by atoms with Crippen molar-refractivity contribution in [3.63, 3.8) is 0 Å². The fourth-order valence-electron chi connectivity index (χ4n) is 3.14. The zero-order valence-corrected chi connectivity index (χ0v) is 12.4. The number of aryl methyl sites for hydroxylation is 1. The molecule has 1 aromatic rings. The van der Waals surface area contributed by atoms with Crippen LogP contribution in [0, 0.1) is 23.6 Å². The minimum atomic E-state index is -0.135. The van der Waals surface area contributed by atoms with Crippen LogP contribution in [-0.4, -0.2) is 6.54 Å². The number of hydrogen-bond donors (Lipinski definition) is 1. The first kappa shape index (κ1) is 14.5. The number of rotatable bonds is 3. The van der Waals surface area contributed by atoms with E-state index in [9.17, 15) is 4.39 Å². The van der Waals surface area contributed by atoms with Gasteiger partial charge >= 0.3 is 0 Å². The third kappa shape index (κ3) is 3.36. The Bertz CT molecular complexity index is 441. The molecule has 0 saturated heterocycles. The summed E-state index contributed by atoms with van der Waals surface area (Å²) in [5, 5.41) is 0. The first-order valence-corrected chi connectivity index (χ1v) is 7.31. The summed E-state index contributed by atoms with van der Waals surface area (Å²) in [5.41, 5.74) is 8.99. The molecule has 0 aromatic heterocycles. The zero-order valence-electron chi connectivity index (χ0n) is 12.4. The number of hydrogen-bond acceptors (Lipinski definition) is 1. The van der Waals surface area contributed by atoms with Crippen LogP contribution >= 0.6 is 0 Å². The van der Waals surface area contributed by atoms with Crippen LogP contribution in [0.5, 0.6) is 0 Å². The highest BCUT2D eigenvalue weighted by Crippen LogP contribution is 2.46. The Morgan fingerprint density at radius 1 is 1.16 bits per heavy atom. The lowest BCUT2D eigenvalue weighted by molar-refractivity contribution is 0.108. The molecule has 2 N–H and O–H groups in total. The maximum atomic E-state index is 13.4. The molecule has 1 fully saturated rings. The summed E-state index contributed by atoms with van der Waals surface area (Å²) in [5.74, 6) is -0.135. The predicted molar refractivity (Wildman–Crippen MR) is 78.6 cm³/mol. The molecule has 1 nitrogen and oxygen atoms in total. The van der Waals surface area contributed by atoms with Crippen molar-refractivity contribution < 1.29 is 4.39 Å². The largest absolute Gasteiger partial charge is 0.330 e. The molecular formula is C17H26FN. The molecule has 2 rings (SSSR count). The zero-order chi connectivity index (χ0) is 14.1. The van der Waals surface area contributed by atoms with Gasteiger partial charge in [-0.1, -0.05) is 19.9 Å². The molecule has 0 radical (unpaired) electrons. The average Bonchev–Trinajstić information content (AvgIpc) is 2.37. The van der Waals surface area contributed by atoms with Crippen LogP contribution < -0.4 is 5.73 Å². The second kappa shape index (κ2) is 5.24. The van der Waals surface area contributed by atoms with E-state index >= 15 is 0 Å². The van der Waals surface area contributed by atoms with E-state index < -0.39 is 0 Å². The van der Waals surface area contributed by atoms with Crippen molar-refractivity contribution in [2.24, 2.45) is 16.6 Å². The number of nitrogens with two attached hydrogens (primary N) is 1. The van der Waals surface area contributed by atoms with Gasteiger partial charge in [0.15, 0.2) is 0 Å². The molecule has 1 saturated carbocycles. The Morgan fingerprint density at radius 2 is 1.79 bits per heavy atom.